The van der Waals surface area contributed by atoms with Gasteiger partial charge < -0.3 is 10.2 Å². The van der Waals surface area contributed by atoms with Crippen molar-refractivity contribution in [1.82, 2.24) is 0 Å². The Balaban J connectivity index is 2.14. The van der Waals surface area contributed by atoms with E-state index in [2.05, 4.69) is 16.3 Å². The Morgan fingerprint density at radius 1 is 1.33 bits per heavy atom. The first-order valence-electron chi connectivity index (χ1n) is 6.87. The minimum absolute atomic E-state index is 0.0663. The molecule has 1 atom stereocenters. The number of para-hydroxylation sites is 2. The molecule has 0 aromatic heterocycles. The predicted octanol–water partition coefficient (Wildman–Crippen LogP) is 3.27. The second-order valence-electron chi connectivity index (χ2n) is 5.01. The van der Waals surface area contributed by atoms with Gasteiger partial charge in [-0.15, -0.1) is 0 Å². The van der Waals surface area contributed by atoms with E-state index < -0.39 is 0 Å². The summed E-state index contributed by atoms with van der Waals surface area (Å²) in [7, 11) is 0. The molecule has 0 radical (unpaired) electrons. The molecule has 1 N–H and O–H groups in total. The van der Waals surface area contributed by atoms with Crippen LogP contribution in [0, 0.1) is 5.92 Å². The van der Waals surface area contributed by atoms with E-state index in [0.717, 1.165) is 30.9 Å². The third-order valence-electron chi connectivity index (χ3n) is 3.67. The van der Waals surface area contributed by atoms with E-state index in [9.17, 15) is 4.79 Å². The van der Waals surface area contributed by atoms with Crippen molar-refractivity contribution in [2.24, 2.45) is 5.92 Å². The molecule has 18 heavy (non-hydrogen) atoms. The number of hydrogen-bond donors (Lipinski definition) is 1. The first kappa shape index (κ1) is 12.9. The average Bonchev–Trinajstić information content (AvgIpc) is 2.92. The second-order valence-corrected chi connectivity index (χ2v) is 5.01. The van der Waals surface area contributed by atoms with Crippen LogP contribution in [0.3, 0.4) is 0 Å². The molecule has 98 valence electrons. The first-order valence-corrected chi connectivity index (χ1v) is 6.87. The van der Waals surface area contributed by atoms with E-state index in [1.807, 2.05) is 32.0 Å². The average molecular weight is 246 g/mol. The van der Waals surface area contributed by atoms with Gasteiger partial charge in [0.05, 0.1) is 11.4 Å². The molecule has 1 aromatic rings. The molecule has 3 nitrogen and oxygen atoms in total. The zero-order valence-corrected chi connectivity index (χ0v) is 11.3. The molecule has 0 saturated carbocycles. The Bertz CT molecular complexity index is 411. The summed E-state index contributed by atoms with van der Waals surface area (Å²) in [5.74, 6) is 0.181. The van der Waals surface area contributed by atoms with Gasteiger partial charge >= 0.3 is 0 Å². The molecule has 1 aliphatic heterocycles. The van der Waals surface area contributed by atoms with Gasteiger partial charge in [-0.05, 0) is 31.4 Å². The molecule has 1 amide bonds. The number of hydrogen-bond acceptors (Lipinski definition) is 2. The predicted molar refractivity (Wildman–Crippen MR) is 76.0 cm³/mol. The molecule has 1 unspecified atom stereocenters. The standard InChI is InChI=1S/C15H22N2O/c1-3-12(2)15(18)16-13-8-4-5-9-14(13)17-10-6-7-11-17/h4-5,8-9,12H,3,6-7,10-11H2,1-2H3,(H,16,18). The van der Waals surface area contributed by atoms with Gasteiger partial charge in [-0.25, -0.2) is 0 Å². The maximum Gasteiger partial charge on any atom is 0.227 e. The normalized spacial score (nSPS) is 16.7. The highest BCUT2D eigenvalue weighted by Crippen LogP contribution is 2.28. The van der Waals surface area contributed by atoms with Gasteiger partial charge in [0.1, 0.15) is 0 Å². The van der Waals surface area contributed by atoms with Gasteiger partial charge in [-0.2, -0.15) is 0 Å². The van der Waals surface area contributed by atoms with Crippen molar-refractivity contribution in [3.63, 3.8) is 0 Å². The lowest BCUT2D eigenvalue weighted by Gasteiger charge is -2.22. The van der Waals surface area contributed by atoms with E-state index in [0.29, 0.717) is 0 Å². The maximum atomic E-state index is 12.0. The van der Waals surface area contributed by atoms with Crippen LogP contribution < -0.4 is 10.2 Å². The van der Waals surface area contributed by atoms with E-state index in [1.165, 1.54) is 12.8 Å². The second kappa shape index (κ2) is 5.89. The topological polar surface area (TPSA) is 32.3 Å². The van der Waals surface area contributed by atoms with Crippen LogP contribution in [-0.4, -0.2) is 19.0 Å². The summed E-state index contributed by atoms with van der Waals surface area (Å²) >= 11 is 0. The van der Waals surface area contributed by atoms with Crippen molar-refractivity contribution >= 4 is 17.3 Å². The van der Waals surface area contributed by atoms with Gasteiger partial charge in [0.2, 0.25) is 5.91 Å². The largest absolute Gasteiger partial charge is 0.370 e. The number of anilines is 2. The number of carbonyl (C=O) groups is 1. The lowest BCUT2D eigenvalue weighted by Crippen LogP contribution is -2.23. The molecule has 1 fully saturated rings. The lowest BCUT2D eigenvalue weighted by atomic mass is 10.1. The molecule has 3 heteroatoms. The van der Waals surface area contributed by atoms with Crippen LogP contribution in [0.2, 0.25) is 0 Å². The van der Waals surface area contributed by atoms with Gasteiger partial charge in [-0.1, -0.05) is 26.0 Å². The van der Waals surface area contributed by atoms with Crippen molar-refractivity contribution < 1.29 is 4.79 Å². The Morgan fingerprint density at radius 3 is 2.67 bits per heavy atom. The number of amides is 1. The van der Waals surface area contributed by atoms with Crippen molar-refractivity contribution in [1.29, 1.82) is 0 Å². The molecule has 2 rings (SSSR count). The van der Waals surface area contributed by atoms with Crippen LogP contribution in [0.25, 0.3) is 0 Å². The van der Waals surface area contributed by atoms with Crippen molar-refractivity contribution in [3.05, 3.63) is 24.3 Å². The summed E-state index contributed by atoms with van der Waals surface area (Å²) in [5.41, 5.74) is 2.11. The maximum absolute atomic E-state index is 12.0. The Hall–Kier alpha value is -1.51. The zero-order valence-electron chi connectivity index (χ0n) is 11.3. The van der Waals surface area contributed by atoms with Crippen LogP contribution >= 0.6 is 0 Å². The van der Waals surface area contributed by atoms with Crippen LogP contribution in [0.15, 0.2) is 24.3 Å². The van der Waals surface area contributed by atoms with E-state index in [-0.39, 0.29) is 11.8 Å². The Labute approximate surface area is 109 Å². The summed E-state index contributed by atoms with van der Waals surface area (Å²) in [6, 6.07) is 8.10. The molecule has 0 aliphatic carbocycles. The zero-order chi connectivity index (χ0) is 13.0. The van der Waals surface area contributed by atoms with Crippen LogP contribution in [-0.2, 0) is 4.79 Å². The fourth-order valence-corrected chi connectivity index (χ4v) is 2.25. The third-order valence-corrected chi connectivity index (χ3v) is 3.67. The quantitative estimate of drug-likeness (QED) is 0.884. The third kappa shape index (κ3) is 2.84. The molecular formula is C15H22N2O. The molecule has 1 saturated heterocycles. The van der Waals surface area contributed by atoms with E-state index in [4.69, 9.17) is 0 Å². The summed E-state index contributed by atoms with van der Waals surface area (Å²) in [4.78, 5) is 14.3. The Morgan fingerprint density at radius 2 is 2.00 bits per heavy atom. The van der Waals surface area contributed by atoms with Gasteiger partial charge in [0.15, 0.2) is 0 Å². The summed E-state index contributed by atoms with van der Waals surface area (Å²) < 4.78 is 0. The summed E-state index contributed by atoms with van der Waals surface area (Å²) in [6.45, 7) is 6.19. The number of nitrogens with one attached hydrogen (secondary N) is 1. The van der Waals surface area contributed by atoms with Gasteiger partial charge in [0, 0.05) is 19.0 Å². The van der Waals surface area contributed by atoms with Crippen LogP contribution in [0.5, 0.6) is 0 Å². The summed E-state index contributed by atoms with van der Waals surface area (Å²) in [5, 5.41) is 3.06. The van der Waals surface area contributed by atoms with Crippen LogP contribution in [0.1, 0.15) is 33.1 Å². The fourth-order valence-electron chi connectivity index (χ4n) is 2.25. The van der Waals surface area contributed by atoms with Gasteiger partial charge in [-0.3, -0.25) is 4.79 Å². The number of benzene rings is 1. The fraction of sp³-hybridized carbons (Fsp3) is 0.533. The highest BCUT2D eigenvalue weighted by Gasteiger charge is 2.17. The monoisotopic (exact) mass is 246 g/mol. The van der Waals surface area contributed by atoms with E-state index >= 15 is 0 Å². The Kier molecular flexibility index (Phi) is 4.24. The highest BCUT2D eigenvalue weighted by atomic mass is 16.1. The molecule has 1 aliphatic rings. The van der Waals surface area contributed by atoms with Crippen molar-refractivity contribution in [2.45, 2.75) is 33.1 Å². The molecule has 1 aromatic carbocycles. The number of nitrogens with zero attached hydrogens (tertiary/aromatic N) is 1. The van der Waals surface area contributed by atoms with Crippen molar-refractivity contribution in [2.75, 3.05) is 23.3 Å². The van der Waals surface area contributed by atoms with Crippen molar-refractivity contribution in [3.8, 4) is 0 Å². The van der Waals surface area contributed by atoms with Gasteiger partial charge in [0.25, 0.3) is 0 Å². The highest BCUT2D eigenvalue weighted by molar-refractivity contribution is 5.95. The number of carbonyl (C=O) groups excluding carboxylic acids is 1. The minimum atomic E-state index is 0.0663. The number of rotatable bonds is 4. The molecular weight excluding hydrogens is 224 g/mol. The van der Waals surface area contributed by atoms with Crippen LogP contribution in [0.4, 0.5) is 11.4 Å². The lowest BCUT2D eigenvalue weighted by molar-refractivity contribution is -0.119. The first-order chi connectivity index (χ1) is 8.72. The molecule has 0 bridgehead atoms. The minimum Gasteiger partial charge on any atom is -0.370 e. The molecule has 1 heterocycles. The smallest absolute Gasteiger partial charge is 0.227 e. The summed E-state index contributed by atoms with van der Waals surface area (Å²) in [6.07, 6.45) is 3.36. The SMILES string of the molecule is CCC(C)C(=O)Nc1ccccc1N1CCCC1. The van der Waals surface area contributed by atoms with E-state index in [1.54, 1.807) is 0 Å². The molecule has 0 spiro atoms.